The van der Waals surface area contributed by atoms with Crippen LogP contribution in [0.5, 0.6) is 5.75 Å². The van der Waals surface area contributed by atoms with Gasteiger partial charge in [0.2, 0.25) is 0 Å². The first-order chi connectivity index (χ1) is 16.5. The summed E-state index contributed by atoms with van der Waals surface area (Å²) in [6.07, 6.45) is 2.90. The number of anilines is 3. The van der Waals surface area contributed by atoms with E-state index in [1.54, 1.807) is 18.2 Å². The van der Waals surface area contributed by atoms with Crippen LogP contribution in [0.1, 0.15) is 6.42 Å². The molecule has 2 heterocycles. The van der Waals surface area contributed by atoms with Crippen LogP contribution in [0, 0.1) is 5.82 Å². The quantitative estimate of drug-likeness (QED) is 0.248. The average molecular weight is 486 g/mol. The van der Waals surface area contributed by atoms with Crippen molar-refractivity contribution in [3.05, 3.63) is 59.8 Å². The Morgan fingerprint density at radius 1 is 1.26 bits per heavy atom. The van der Waals surface area contributed by atoms with E-state index in [4.69, 9.17) is 21.1 Å². The van der Waals surface area contributed by atoms with E-state index in [2.05, 4.69) is 32.1 Å². The van der Waals surface area contributed by atoms with Gasteiger partial charge in [-0.1, -0.05) is 18.2 Å². The second-order valence-corrected chi connectivity index (χ2v) is 8.17. The van der Waals surface area contributed by atoms with Crippen LogP contribution >= 0.6 is 11.6 Å². The lowest BCUT2D eigenvalue weighted by Gasteiger charge is -2.26. The molecule has 0 radical (unpaired) electrons. The largest absolute Gasteiger partial charge is 0.491 e. The molecule has 1 aromatic heterocycles. The first-order valence-electron chi connectivity index (χ1n) is 10.9. The fourth-order valence-corrected chi connectivity index (χ4v) is 3.79. The molecule has 1 fully saturated rings. The SMILES string of the molecule is C=C(C=O)Nc1cc2c(Nc3ccc(F)c(Cl)c3)ncnc2cc1OCCCN1CCOCC1. The first kappa shape index (κ1) is 23.9. The Morgan fingerprint density at radius 2 is 2.09 bits per heavy atom. The molecule has 0 atom stereocenters. The van der Waals surface area contributed by atoms with E-state index in [1.165, 1.54) is 18.5 Å². The highest BCUT2D eigenvalue weighted by Crippen LogP contribution is 2.34. The van der Waals surface area contributed by atoms with Gasteiger partial charge in [0.25, 0.3) is 0 Å². The lowest BCUT2D eigenvalue weighted by Crippen LogP contribution is -2.37. The van der Waals surface area contributed by atoms with Gasteiger partial charge in [0.05, 0.1) is 41.7 Å². The van der Waals surface area contributed by atoms with E-state index in [-0.39, 0.29) is 10.7 Å². The topological polar surface area (TPSA) is 88.6 Å². The second kappa shape index (κ2) is 11.2. The number of ether oxygens (including phenoxy) is 2. The second-order valence-electron chi connectivity index (χ2n) is 7.77. The summed E-state index contributed by atoms with van der Waals surface area (Å²) in [7, 11) is 0. The van der Waals surface area contributed by atoms with E-state index >= 15 is 0 Å². The van der Waals surface area contributed by atoms with Gasteiger partial charge in [-0.05, 0) is 30.7 Å². The number of aromatic nitrogens is 2. The number of halogens is 2. The molecule has 3 aromatic rings. The van der Waals surface area contributed by atoms with Crippen molar-refractivity contribution in [2.24, 2.45) is 0 Å². The Morgan fingerprint density at radius 3 is 2.85 bits per heavy atom. The van der Waals surface area contributed by atoms with Gasteiger partial charge in [-0.2, -0.15) is 0 Å². The van der Waals surface area contributed by atoms with Gasteiger partial charge in [-0.25, -0.2) is 14.4 Å². The number of carbonyl (C=O) groups is 1. The zero-order chi connectivity index (χ0) is 23.9. The number of hydrogen-bond acceptors (Lipinski definition) is 8. The summed E-state index contributed by atoms with van der Waals surface area (Å²) in [6, 6.07) is 7.89. The van der Waals surface area contributed by atoms with Gasteiger partial charge in [0.1, 0.15) is 23.7 Å². The lowest BCUT2D eigenvalue weighted by atomic mass is 10.1. The highest BCUT2D eigenvalue weighted by molar-refractivity contribution is 6.31. The summed E-state index contributed by atoms with van der Waals surface area (Å²) in [5.74, 6) is 0.535. The Hall–Kier alpha value is -3.27. The molecule has 1 aliphatic rings. The summed E-state index contributed by atoms with van der Waals surface area (Å²) in [6.45, 7) is 8.48. The maximum Gasteiger partial charge on any atom is 0.165 e. The van der Waals surface area contributed by atoms with E-state index in [1.807, 2.05) is 0 Å². The number of hydrogen-bond donors (Lipinski definition) is 2. The van der Waals surface area contributed by atoms with Crippen molar-refractivity contribution in [3.63, 3.8) is 0 Å². The van der Waals surface area contributed by atoms with Gasteiger partial charge < -0.3 is 20.1 Å². The molecule has 0 saturated carbocycles. The molecule has 34 heavy (non-hydrogen) atoms. The molecule has 8 nitrogen and oxygen atoms in total. The molecule has 2 aromatic carbocycles. The molecule has 1 aliphatic heterocycles. The van der Waals surface area contributed by atoms with Gasteiger partial charge in [0, 0.05) is 36.8 Å². The van der Waals surface area contributed by atoms with Crippen LogP contribution in [0.4, 0.5) is 21.6 Å². The van der Waals surface area contributed by atoms with Crippen molar-refractivity contribution in [3.8, 4) is 5.75 Å². The van der Waals surface area contributed by atoms with Crippen molar-refractivity contribution in [2.75, 3.05) is 50.1 Å². The van der Waals surface area contributed by atoms with Crippen LogP contribution in [0.15, 0.2) is 48.9 Å². The number of nitrogens with zero attached hydrogens (tertiary/aromatic N) is 3. The van der Waals surface area contributed by atoms with E-state index < -0.39 is 5.82 Å². The molecule has 0 aliphatic carbocycles. The molecule has 0 amide bonds. The molecule has 0 spiro atoms. The molecular formula is C24H25ClFN5O3. The lowest BCUT2D eigenvalue weighted by molar-refractivity contribution is -0.104. The van der Waals surface area contributed by atoms with Gasteiger partial charge >= 0.3 is 0 Å². The van der Waals surface area contributed by atoms with Crippen LogP contribution in [-0.4, -0.2) is 60.6 Å². The predicted molar refractivity (Wildman–Crippen MR) is 130 cm³/mol. The summed E-state index contributed by atoms with van der Waals surface area (Å²) in [4.78, 5) is 22.2. The molecule has 4 rings (SSSR count). The minimum Gasteiger partial charge on any atom is -0.491 e. The number of nitrogens with one attached hydrogen (secondary N) is 2. The molecule has 0 unspecified atom stereocenters. The highest BCUT2D eigenvalue weighted by atomic mass is 35.5. The molecule has 178 valence electrons. The number of allylic oxidation sites excluding steroid dienone is 1. The normalized spacial score (nSPS) is 14.1. The van der Waals surface area contributed by atoms with E-state index in [9.17, 15) is 9.18 Å². The first-order valence-corrected chi connectivity index (χ1v) is 11.3. The van der Waals surface area contributed by atoms with Crippen molar-refractivity contribution >= 4 is 46.0 Å². The molecule has 0 bridgehead atoms. The zero-order valence-corrected chi connectivity index (χ0v) is 19.3. The number of carbonyl (C=O) groups excluding carboxylic acids is 1. The number of fused-ring (bicyclic) bond motifs is 1. The van der Waals surface area contributed by atoms with Crippen LogP contribution in [0.3, 0.4) is 0 Å². The summed E-state index contributed by atoms with van der Waals surface area (Å²) < 4.78 is 25.0. The van der Waals surface area contributed by atoms with Gasteiger partial charge in [0.15, 0.2) is 6.29 Å². The number of morpholine rings is 1. The van der Waals surface area contributed by atoms with Crippen LogP contribution in [0.25, 0.3) is 10.9 Å². The third kappa shape index (κ3) is 5.99. The van der Waals surface area contributed by atoms with Crippen LogP contribution in [-0.2, 0) is 9.53 Å². The number of benzene rings is 2. The number of aldehydes is 1. The monoisotopic (exact) mass is 485 g/mol. The maximum absolute atomic E-state index is 13.5. The Labute approximate surface area is 201 Å². The maximum atomic E-state index is 13.5. The molecule has 1 saturated heterocycles. The number of rotatable bonds is 10. The van der Waals surface area contributed by atoms with Gasteiger partial charge in [-0.15, -0.1) is 0 Å². The van der Waals surface area contributed by atoms with E-state index in [0.717, 1.165) is 39.3 Å². The fourth-order valence-electron chi connectivity index (χ4n) is 3.61. The Balaban J connectivity index is 1.56. The summed E-state index contributed by atoms with van der Waals surface area (Å²) in [5.41, 5.74) is 1.96. The standard InChI is InChI=1S/C24H25ClFN5O3/c1-16(14-32)29-22-12-18-21(13-23(22)34-8-2-5-31-6-9-33-10-7-31)27-15-28-24(18)30-17-3-4-20(26)19(25)11-17/h3-4,11-15,29H,1-2,5-10H2,(H,27,28,30). The van der Waals surface area contributed by atoms with Crippen molar-refractivity contribution in [2.45, 2.75) is 6.42 Å². The van der Waals surface area contributed by atoms with Crippen molar-refractivity contribution in [1.29, 1.82) is 0 Å². The minimum atomic E-state index is -0.506. The summed E-state index contributed by atoms with van der Waals surface area (Å²) >= 11 is 5.90. The average Bonchev–Trinajstić information content (AvgIpc) is 2.85. The summed E-state index contributed by atoms with van der Waals surface area (Å²) in [5, 5.41) is 6.79. The van der Waals surface area contributed by atoms with Crippen molar-refractivity contribution < 1.29 is 18.7 Å². The Bertz CT molecular complexity index is 1190. The van der Waals surface area contributed by atoms with E-state index in [0.29, 0.717) is 46.7 Å². The van der Waals surface area contributed by atoms with Gasteiger partial charge in [-0.3, -0.25) is 9.69 Å². The fraction of sp³-hybridized carbons (Fsp3) is 0.292. The van der Waals surface area contributed by atoms with Crippen molar-refractivity contribution in [1.82, 2.24) is 14.9 Å². The molecule has 10 heteroatoms. The Kier molecular flexibility index (Phi) is 7.89. The highest BCUT2D eigenvalue weighted by Gasteiger charge is 2.14. The van der Waals surface area contributed by atoms with Crippen LogP contribution < -0.4 is 15.4 Å². The van der Waals surface area contributed by atoms with Crippen LogP contribution in [0.2, 0.25) is 5.02 Å². The molecular weight excluding hydrogens is 461 g/mol. The third-order valence-electron chi connectivity index (χ3n) is 5.34. The third-order valence-corrected chi connectivity index (χ3v) is 5.63. The molecule has 2 N–H and O–H groups in total. The predicted octanol–water partition coefficient (Wildman–Crippen LogP) is 4.39. The zero-order valence-electron chi connectivity index (χ0n) is 18.5. The smallest absolute Gasteiger partial charge is 0.165 e. The minimum absolute atomic E-state index is 0.000708.